The summed E-state index contributed by atoms with van der Waals surface area (Å²) in [5.41, 5.74) is 6.21. The minimum absolute atomic E-state index is 0.152. The molecule has 5 aromatic rings. The van der Waals surface area contributed by atoms with E-state index in [-0.39, 0.29) is 5.91 Å². The largest absolute Gasteiger partial charge is 0.354 e. The van der Waals surface area contributed by atoms with Crippen molar-refractivity contribution < 1.29 is 4.79 Å². The van der Waals surface area contributed by atoms with Gasteiger partial charge in [0, 0.05) is 39.9 Å². The molecule has 2 N–H and O–H groups in total. The van der Waals surface area contributed by atoms with Crippen molar-refractivity contribution in [2.75, 3.05) is 5.32 Å². The Balaban J connectivity index is 1.53. The van der Waals surface area contributed by atoms with Gasteiger partial charge in [-0.05, 0) is 42.3 Å². The first-order valence-corrected chi connectivity index (χ1v) is 9.37. The van der Waals surface area contributed by atoms with Crippen LogP contribution < -0.4 is 5.32 Å². The molecule has 3 aromatic carbocycles. The minimum atomic E-state index is -0.152. The molecule has 0 aliphatic heterocycles. The lowest BCUT2D eigenvalue weighted by Crippen LogP contribution is -2.12. The summed E-state index contributed by atoms with van der Waals surface area (Å²) in [6, 6.07) is 19.7. The molecule has 5 heteroatoms. The molecule has 0 unspecified atom stereocenters. The summed E-state index contributed by atoms with van der Waals surface area (Å²) in [4.78, 5) is 24.6. The maximum absolute atomic E-state index is 13.1. The molecule has 0 spiro atoms. The fourth-order valence-electron chi connectivity index (χ4n) is 3.71. The van der Waals surface area contributed by atoms with E-state index in [1.807, 2.05) is 61.5 Å². The number of carbonyl (C=O) groups is 1. The van der Waals surface area contributed by atoms with Crippen LogP contribution in [0, 0.1) is 6.92 Å². The molecule has 5 nitrogen and oxygen atoms in total. The van der Waals surface area contributed by atoms with Crippen LogP contribution in [0.25, 0.3) is 32.9 Å². The van der Waals surface area contributed by atoms with Crippen LogP contribution in [-0.2, 0) is 0 Å². The second-order valence-corrected chi connectivity index (χ2v) is 7.01. The highest BCUT2D eigenvalue weighted by Crippen LogP contribution is 2.29. The number of rotatable bonds is 3. The molecule has 140 valence electrons. The van der Waals surface area contributed by atoms with E-state index in [4.69, 9.17) is 0 Å². The molecule has 5 rings (SSSR count). The van der Waals surface area contributed by atoms with Gasteiger partial charge in [0.05, 0.1) is 11.1 Å². The number of aromatic nitrogens is 3. The molecule has 2 heterocycles. The van der Waals surface area contributed by atoms with Gasteiger partial charge < -0.3 is 10.3 Å². The standard InChI is InChI=1S/C24H18N4O/c1-15-9-10-17(11-21(15)16-12-25-14-26-13-16)27-24(29)20-7-4-6-19-18-5-2-3-8-22(18)28-23(19)20/h2-14,28H,1H3,(H,27,29). The second kappa shape index (κ2) is 6.87. The quantitative estimate of drug-likeness (QED) is 0.445. The lowest BCUT2D eigenvalue weighted by atomic mass is 10.0. The molecule has 29 heavy (non-hydrogen) atoms. The molecule has 0 fully saturated rings. The van der Waals surface area contributed by atoms with E-state index >= 15 is 0 Å². The number of carbonyl (C=O) groups excluding carboxylic acids is 1. The number of para-hydroxylation sites is 2. The van der Waals surface area contributed by atoms with Crippen LogP contribution >= 0.6 is 0 Å². The van der Waals surface area contributed by atoms with Crippen molar-refractivity contribution in [1.82, 2.24) is 15.0 Å². The Morgan fingerprint density at radius 2 is 1.72 bits per heavy atom. The fourth-order valence-corrected chi connectivity index (χ4v) is 3.71. The summed E-state index contributed by atoms with van der Waals surface area (Å²) in [6.07, 6.45) is 5.05. The summed E-state index contributed by atoms with van der Waals surface area (Å²) >= 11 is 0. The molecule has 0 saturated heterocycles. The molecule has 0 saturated carbocycles. The highest BCUT2D eigenvalue weighted by molar-refractivity contribution is 6.17. The van der Waals surface area contributed by atoms with Gasteiger partial charge >= 0.3 is 0 Å². The zero-order chi connectivity index (χ0) is 19.8. The van der Waals surface area contributed by atoms with E-state index in [9.17, 15) is 4.79 Å². The topological polar surface area (TPSA) is 70.7 Å². The SMILES string of the molecule is Cc1ccc(NC(=O)c2cccc3c2[nH]c2ccccc23)cc1-c1cncnc1. The van der Waals surface area contributed by atoms with E-state index < -0.39 is 0 Å². The molecule has 2 aromatic heterocycles. The predicted molar refractivity (Wildman–Crippen MR) is 116 cm³/mol. The lowest BCUT2D eigenvalue weighted by Gasteiger charge is -2.10. The number of hydrogen-bond acceptors (Lipinski definition) is 3. The van der Waals surface area contributed by atoms with Gasteiger partial charge in [-0.2, -0.15) is 0 Å². The van der Waals surface area contributed by atoms with Crippen molar-refractivity contribution in [3.8, 4) is 11.1 Å². The van der Waals surface area contributed by atoms with Gasteiger partial charge in [0.2, 0.25) is 0 Å². The average molecular weight is 378 g/mol. The molecule has 0 aliphatic carbocycles. The van der Waals surface area contributed by atoms with Crippen LogP contribution in [0.1, 0.15) is 15.9 Å². The Labute approximate surface area is 167 Å². The lowest BCUT2D eigenvalue weighted by molar-refractivity contribution is 0.102. The summed E-state index contributed by atoms with van der Waals surface area (Å²) in [6.45, 7) is 2.03. The van der Waals surface area contributed by atoms with Gasteiger partial charge in [0.15, 0.2) is 0 Å². The van der Waals surface area contributed by atoms with Crippen molar-refractivity contribution in [3.63, 3.8) is 0 Å². The monoisotopic (exact) mass is 378 g/mol. The highest BCUT2D eigenvalue weighted by Gasteiger charge is 2.14. The van der Waals surface area contributed by atoms with Gasteiger partial charge in [-0.15, -0.1) is 0 Å². The van der Waals surface area contributed by atoms with Crippen LogP contribution in [0.4, 0.5) is 5.69 Å². The van der Waals surface area contributed by atoms with E-state index in [1.165, 1.54) is 6.33 Å². The van der Waals surface area contributed by atoms with Crippen LogP contribution in [0.2, 0.25) is 0 Å². The van der Waals surface area contributed by atoms with Gasteiger partial charge in [-0.1, -0.05) is 36.4 Å². The highest BCUT2D eigenvalue weighted by atomic mass is 16.1. The third-order valence-corrected chi connectivity index (χ3v) is 5.15. The average Bonchev–Trinajstić information content (AvgIpc) is 3.14. The van der Waals surface area contributed by atoms with E-state index in [1.54, 1.807) is 12.4 Å². The third kappa shape index (κ3) is 3.02. The molecule has 1 amide bonds. The molecular formula is C24H18N4O. The fraction of sp³-hybridized carbons (Fsp3) is 0.0417. The Morgan fingerprint density at radius 1 is 0.931 bits per heavy atom. The van der Waals surface area contributed by atoms with Crippen LogP contribution in [0.15, 0.2) is 79.4 Å². The molecular weight excluding hydrogens is 360 g/mol. The van der Waals surface area contributed by atoms with Gasteiger partial charge in [-0.3, -0.25) is 4.79 Å². The van der Waals surface area contributed by atoms with Crippen molar-refractivity contribution in [3.05, 3.63) is 90.5 Å². The first-order chi connectivity index (χ1) is 14.2. The summed E-state index contributed by atoms with van der Waals surface area (Å²) < 4.78 is 0. The van der Waals surface area contributed by atoms with Crippen LogP contribution in [0.5, 0.6) is 0 Å². The number of benzene rings is 3. The number of amides is 1. The number of aromatic amines is 1. The normalized spacial score (nSPS) is 11.1. The zero-order valence-corrected chi connectivity index (χ0v) is 15.8. The second-order valence-electron chi connectivity index (χ2n) is 7.01. The van der Waals surface area contributed by atoms with Crippen molar-refractivity contribution >= 4 is 33.4 Å². The molecule has 0 radical (unpaired) electrons. The number of nitrogens with zero attached hydrogens (tertiary/aromatic N) is 2. The number of H-pyrrole nitrogens is 1. The first-order valence-electron chi connectivity index (χ1n) is 9.37. The molecule has 0 bridgehead atoms. The molecule has 0 atom stereocenters. The maximum atomic E-state index is 13.1. The maximum Gasteiger partial charge on any atom is 0.257 e. The molecule has 0 aliphatic rings. The van der Waals surface area contributed by atoms with E-state index in [2.05, 4.69) is 26.3 Å². The van der Waals surface area contributed by atoms with Crippen LogP contribution in [-0.4, -0.2) is 20.9 Å². The third-order valence-electron chi connectivity index (χ3n) is 5.15. The summed E-state index contributed by atoms with van der Waals surface area (Å²) in [7, 11) is 0. The predicted octanol–water partition coefficient (Wildman–Crippen LogP) is 5.34. The number of aryl methyl sites for hydroxylation is 1. The van der Waals surface area contributed by atoms with E-state index in [0.717, 1.165) is 44.2 Å². The van der Waals surface area contributed by atoms with Gasteiger partial charge in [0.1, 0.15) is 6.33 Å². The van der Waals surface area contributed by atoms with Gasteiger partial charge in [-0.25, -0.2) is 9.97 Å². The smallest absolute Gasteiger partial charge is 0.257 e. The Hall–Kier alpha value is -3.99. The van der Waals surface area contributed by atoms with E-state index in [0.29, 0.717) is 5.56 Å². The van der Waals surface area contributed by atoms with Crippen LogP contribution in [0.3, 0.4) is 0 Å². The van der Waals surface area contributed by atoms with Crippen molar-refractivity contribution in [1.29, 1.82) is 0 Å². The first kappa shape index (κ1) is 17.1. The van der Waals surface area contributed by atoms with Crippen molar-refractivity contribution in [2.45, 2.75) is 6.92 Å². The van der Waals surface area contributed by atoms with Crippen molar-refractivity contribution in [2.24, 2.45) is 0 Å². The number of anilines is 1. The summed E-state index contributed by atoms with van der Waals surface area (Å²) in [5.74, 6) is -0.152. The number of fused-ring (bicyclic) bond motifs is 3. The van der Waals surface area contributed by atoms with Gasteiger partial charge in [0.25, 0.3) is 5.91 Å². The minimum Gasteiger partial charge on any atom is -0.354 e. The summed E-state index contributed by atoms with van der Waals surface area (Å²) in [5, 5.41) is 5.18. The Bertz CT molecular complexity index is 1360. The Morgan fingerprint density at radius 3 is 2.59 bits per heavy atom. The zero-order valence-electron chi connectivity index (χ0n) is 15.8. The number of nitrogens with one attached hydrogen (secondary N) is 2. The number of hydrogen-bond donors (Lipinski definition) is 2. The Kier molecular flexibility index (Phi) is 4.06.